The SMILES string of the molecule is CC1CCCN(C(=O)COC(=O)c2ccc(NC(=O)c3ccco3)cc2)C1. The van der Waals surface area contributed by atoms with Crippen LogP contribution in [0.15, 0.2) is 47.1 Å². The lowest BCUT2D eigenvalue weighted by Gasteiger charge is -2.30. The molecule has 2 aromatic rings. The van der Waals surface area contributed by atoms with Gasteiger partial charge in [0.25, 0.3) is 11.8 Å². The lowest BCUT2D eigenvalue weighted by atomic mass is 10.0. The molecule has 1 fully saturated rings. The maximum atomic E-state index is 12.2. The predicted octanol–water partition coefficient (Wildman–Crippen LogP) is 2.95. The van der Waals surface area contributed by atoms with Crippen molar-refractivity contribution in [1.29, 1.82) is 0 Å². The van der Waals surface area contributed by atoms with Crippen LogP contribution < -0.4 is 5.32 Å². The van der Waals surface area contributed by atoms with E-state index >= 15 is 0 Å². The van der Waals surface area contributed by atoms with Crippen molar-refractivity contribution in [1.82, 2.24) is 4.90 Å². The molecule has 1 saturated heterocycles. The molecule has 3 rings (SSSR count). The number of hydrogen-bond acceptors (Lipinski definition) is 5. The fourth-order valence-electron chi connectivity index (χ4n) is 3.01. The van der Waals surface area contributed by atoms with Gasteiger partial charge in [0.05, 0.1) is 11.8 Å². The number of esters is 1. The van der Waals surface area contributed by atoms with E-state index in [9.17, 15) is 14.4 Å². The Balaban J connectivity index is 1.50. The Morgan fingerprint density at radius 1 is 1.22 bits per heavy atom. The van der Waals surface area contributed by atoms with Crippen molar-refractivity contribution in [2.45, 2.75) is 19.8 Å². The number of nitrogens with zero attached hydrogens (tertiary/aromatic N) is 1. The highest BCUT2D eigenvalue weighted by molar-refractivity contribution is 6.02. The van der Waals surface area contributed by atoms with Crippen LogP contribution in [0.1, 0.15) is 40.7 Å². The van der Waals surface area contributed by atoms with Crippen molar-refractivity contribution >= 4 is 23.5 Å². The molecule has 1 N–H and O–H groups in total. The normalized spacial score (nSPS) is 16.6. The van der Waals surface area contributed by atoms with Crippen LogP contribution in [0.5, 0.6) is 0 Å². The fourth-order valence-corrected chi connectivity index (χ4v) is 3.01. The maximum absolute atomic E-state index is 12.2. The van der Waals surface area contributed by atoms with E-state index in [2.05, 4.69) is 12.2 Å². The Morgan fingerprint density at radius 3 is 2.67 bits per heavy atom. The largest absolute Gasteiger partial charge is 0.459 e. The number of furan rings is 1. The fraction of sp³-hybridized carbons (Fsp3) is 0.350. The highest BCUT2D eigenvalue weighted by atomic mass is 16.5. The minimum atomic E-state index is -0.572. The number of nitrogens with one attached hydrogen (secondary N) is 1. The van der Waals surface area contributed by atoms with Crippen LogP contribution in [-0.2, 0) is 9.53 Å². The maximum Gasteiger partial charge on any atom is 0.338 e. The van der Waals surface area contributed by atoms with E-state index in [0.717, 1.165) is 12.8 Å². The predicted molar refractivity (Wildman–Crippen MR) is 98.4 cm³/mol. The molecule has 0 saturated carbocycles. The average Bonchev–Trinajstić information content (AvgIpc) is 3.21. The minimum absolute atomic E-state index is 0.169. The van der Waals surface area contributed by atoms with Gasteiger partial charge in [0.2, 0.25) is 0 Å². The van der Waals surface area contributed by atoms with E-state index < -0.39 is 5.97 Å². The first-order valence-electron chi connectivity index (χ1n) is 8.93. The number of amides is 2. The summed E-state index contributed by atoms with van der Waals surface area (Å²) in [6.45, 7) is 3.27. The number of anilines is 1. The molecule has 1 unspecified atom stereocenters. The molecule has 1 aromatic heterocycles. The Hall–Kier alpha value is -3.09. The van der Waals surface area contributed by atoms with Gasteiger partial charge < -0.3 is 19.4 Å². The first kappa shape index (κ1) is 18.7. The summed E-state index contributed by atoms with van der Waals surface area (Å²) in [7, 11) is 0. The number of likely N-dealkylation sites (tertiary alicyclic amines) is 1. The number of benzene rings is 1. The second-order valence-corrected chi connectivity index (χ2v) is 6.67. The van der Waals surface area contributed by atoms with E-state index in [1.807, 2.05) is 0 Å². The molecule has 1 aliphatic rings. The molecule has 7 nitrogen and oxygen atoms in total. The van der Waals surface area contributed by atoms with Crippen molar-refractivity contribution in [3.8, 4) is 0 Å². The third kappa shape index (κ3) is 4.97. The van der Waals surface area contributed by atoms with Crippen LogP contribution in [0.25, 0.3) is 0 Å². The van der Waals surface area contributed by atoms with Crippen LogP contribution >= 0.6 is 0 Å². The van der Waals surface area contributed by atoms with E-state index in [0.29, 0.717) is 30.3 Å². The van der Waals surface area contributed by atoms with Crippen molar-refractivity contribution in [2.24, 2.45) is 5.92 Å². The molecular weight excluding hydrogens is 348 g/mol. The van der Waals surface area contributed by atoms with Gasteiger partial charge in [0.15, 0.2) is 12.4 Å². The highest BCUT2D eigenvalue weighted by Gasteiger charge is 2.22. The second-order valence-electron chi connectivity index (χ2n) is 6.67. The van der Waals surface area contributed by atoms with Gasteiger partial charge in [-0.15, -0.1) is 0 Å². The zero-order valence-corrected chi connectivity index (χ0v) is 15.1. The van der Waals surface area contributed by atoms with Gasteiger partial charge in [0, 0.05) is 18.8 Å². The Labute approximate surface area is 157 Å². The topological polar surface area (TPSA) is 88.9 Å². The van der Waals surface area contributed by atoms with Crippen LogP contribution in [0, 0.1) is 5.92 Å². The Bertz CT molecular complexity index is 798. The van der Waals surface area contributed by atoms with Crippen LogP contribution in [-0.4, -0.2) is 42.4 Å². The number of carbonyl (C=O) groups excluding carboxylic acids is 3. The molecule has 1 atom stereocenters. The first-order valence-corrected chi connectivity index (χ1v) is 8.93. The molecular formula is C20H22N2O5. The third-order valence-corrected chi connectivity index (χ3v) is 4.46. The van der Waals surface area contributed by atoms with E-state index in [1.165, 1.54) is 18.4 Å². The van der Waals surface area contributed by atoms with Gasteiger partial charge >= 0.3 is 5.97 Å². The lowest BCUT2D eigenvalue weighted by molar-refractivity contribution is -0.136. The summed E-state index contributed by atoms with van der Waals surface area (Å²) < 4.78 is 10.1. The van der Waals surface area contributed by atoms with E-state index in [-0.39, 0.29) is 24.2 Å². The first-order chi connectivity index (χ1) is 13.0. The third-order valence-electron chi connectivity index (χ3n) is 4.46. The van der Waals surface area contributed by atoms with Crippen molar-refractivity contribution in [3.05, 3.63) is 54.0 Å². The molecule has 0 radical (unpaired) electrons. The van der Waals surface area contributed by atoms with Gasteiger partial charge in [-0.3, -0.25) is 9.59 Å². The van der Waals surface area contributed by atoms with Crippen molar-refractivity contribution < 1.29 is 23.5 Å². The van der Waals surface area contributed by atoms with Crippen LogP contribution in [0.2, 0.25) is 0 Å². The molecule has 0 spiro atoms. The monoisotopic (exact) mass is 370 g/mol. The second kappa shape index (κ2) is 8.53. The van der Waals surface area contributed by atoms with Gasteiger partial charge in [-0.2, -0.15) is 0 Å². The molecule has 2 amide bonds. The Morgan fingerprint density at radius 2 is 2.00 bits per heavy atom. The smallest absolute Gasteiger partial charge is 0.338 e. The Kier molecular flexibility index (Phi) is 5.90. The molecule has 27 heavy (non-hydrogen) atoms. The molecule has 0 aliphatic carbocycles. The number of rotatable bonds is 5. The number of ether oxygens (including phenoxy) is 1. The minimum Gasteiger partial charge on any atom is -0.459 e. The molecule has 1 aromatic carbocycles. The van der Waals surface area contributed by atoms with Crippen LogP contribution in [0.4, 0.5) is 5.69 Å². The molecule has 1 aliphatic heterocycles. The summed E-state index contributed by atoms with van der Waals surface area (Å²) >= 11 is 0. The summed E-state index contributed by atoms with van der Waals surface area (Å²) in [5.74, 6) is -0.447. The quantitative estimate of drug-likeness (QED) is 0.818. The highest BCUT2D eigenvalue weighted by Crippen LogP contribution is 2.16. The van der Waals surface area contributed by atoms with Gasteiger partial charge in [-0.1, -0.05) is 6.92 Å². The van der Waals surface area contributed by atoms with Crippen molar-refractivity contribution in [2.75, 3.05) is 25.0 Å². The summed E-state index contributed by atoms with van der Waals surface area (Å²) in [6, 6.07) is 9.43. The number of piperidine rings is 1. The van der Waals surface area contributed by atoms with Crippen molar-refractivity contribution in [3.63, 3.8) is 0 Å². The average molecular weight is 370 g/mol. The number of carbonyl (C=O) groups is 3. The molecule has 142 valence electrons. The zero-order chi connectivity index (χ0) is 19.2. The van der Waals surface area contributed by atoms with E-state index in [1.54, 1.807) is 29.2 Å². The van der Waals surface area contributed by atoms with Gasteiger partial charge in [0.1, 0.15) is 0 Å². The molecule has 7 heteroatoms. The molecule has 2 heterocycles. The summed E-state index contributed by atoms with van der Waals surface area (Å²) in [5, 5.41) is 2.66. The summed E-state index contributed by atoms with van der Waals surface area (Å²) in [4.78, 5) is 37.9. The molecule has 0 bridgehead atoms. The summed E-state index contributed by atoms with van der Waals surface area (Å²) in [6.07, 6.45) is 3.51. The van der Waals surface area contributed by atoms with E-state index in [4.69, 9.17) is 9.15 Å². The lowest BCUT2D eigenvalue weighted by Crippen LogP contribution is -2.41. The zero-order valence-electron chi connectivity index (χ0n) is 15.1. The van der Waals surface area contributed by atoms with Crippen LogP contribution in [0.3, 0.4) is 0 Å². The van der Waals surface area contributed by atoms with Gasteiger partial charge in [-0.05, 0) is 55.2 Å². The van der Waals surface area contributed by atoms with Gasteiger partial charge in [-0.25, -0.2) is 4.79 Å². The standard InChI is InChI=1S/C20H22N2O5/c1-14-4-2-10-22(12-14)18(23)13-27-20(25)15-6-8-16(9-7-15)21-19(24)17-5-3-11-26-17/h3,5-9,11,14H,2,4,10,12-13H2,1H3,(H,21,24). The summed E-state index contributed by atoms with van der Waals surface area (Å²) in [5.41, 5.74) is 0.831. The number of hydrogen-bond donors (Lipinski definition) is 1.